The highest BCUT2D eigenvalue weighted by atomic mass is 16.5. The van der Waals surface area contributed by atoms with Crippen molar-refractivity contribution in [2.75, 3.05) is 39.4 Å². The van der Waals surface area contributed by atoms with Crippen molar-refractivity contribution in [1.82, 2.24) is 4.90 Å². The largest absolute Gasteiger partial charge is 0.384 e. The van der Waals surface area contributed by atoms with Gasteiger partial charge in [0.15, 0.2) is 5.78 Å². The number of Topliss-reactive ketones (excluding diaryl/α,β-unsaturated/α-hetero) is 1. The van der Waals surface area contributed by atoms with Gasteiger partial charge in [0.25, 0.3) is 0 Å². The van der Waals surface area contributed by atoms with Crippen LogP contribution in [0, 0.1) is 0 Å². The van der Waals surface area contributed by atoms with Crippen LogP contribution in [0.25, 0.3) is 0 Å². The van der Waals surface area contributed by atoms with Gasteiger partial charge in [0.1, 0.15) is 6.10 Å². The van der Waals surface area contributed by atoms with Crippen LogP contribution in [0.5, 0.6) is 0 Å². The first-order chi connectivity index (χ1) is 6.74. The molecule has 14 heavy (non-hydrogen) atoms. The lowest BCUT2D eigenvalue weighted by Gasteiger charge is -2.26. The molecule has 1 aliphatic rings. The van der Waals surface area contributed by atoms with Crippen molar-refractivity contribution in [2.24, 2.45) is 5.73 Å². The lowest BCUT2D eigenvalue weighted by Crippen LogP contribution is -2.39. The number of hydrogen-bond acceptors (Lipinski definition) is 5. The van der Waals surface area contributed by atoms with Gasteiger partial charge in [0.05, 0.1) is 13.2 Å². The highest BCUT2D eigenvalue weighted by molar-refractivity contribution is 5.83. The number of rotatable bonds is 5. The van der Waals surface area contributed by atoms with E-state index in [0.29, 0.717) is 13.0 Å². The van der Waals surface area contributed by atoms with Crippen LogP contribution in [-0.4, -0.2) is 61.3 Å². The summed E-state index contributed by atoms with van der Waals surface area (Å²) in [6.07, 6.45) is -0.616. The van der Waals surface area contributed by atoms with Gasteiger partial charge in [-0.2, -0.15) is 0 Å². The zero-order chi connectivity index (χ0) is 10.4. The maximum Gasteiger partial charge on any atom is 0.163 e. The van der Waals surface area contributed by atoms with Gasteiger partial charge >= 0.3 is 0 Å². The van der Waals surface area contributed by atoms with Crippen molar-refractivity contribution < 1.29 is 14.6 Å². The van der Waals surface area contributed by atoms with E-state index in [1.165, 1.54) is 0 Å². The lowest BCUT2D eigenvalue weighted by molar-refractivity contribution is -0.127. The number of nitrogens with zero attached hydrogens (tertiary/aromatic N) is 1. The minimum atomic E-state index is -0.990. The third-order valence-corrected chi connectivity index (χ3v) is 2.37. The summed E-state index contributed by atoms with van der Waals surface area (Å²) in [5.41, 5.74) is 5.18. The van der Waals surface area contributed by atoms with E-state index in [9.17, 15) is 4.79 Å². The van der Waals surface area contributed by atoms with E-state index in [2.05, 4.69) is 4.90 Å². The molecule has 0 aromatic heterocycles. The molecule has 1 fully saturated rings. The average molecular weight is 202 g/mol. The quantitative estimate of drug-likeness (QED) is 0.573. The Balaban J connectivity index is 2.15. The van der Waals surface area contributed by atoms with Crippen LogP contribution >= 0.6 is 0 Å². The van der Waals surface area contributed by atoms with Gasteiger partial charge in [-0.15, -0.1) is 0 Å². The summed E-state index contributed by atoms with van der Waals surface area (Å²) in [6.45, 7) is 3.90. The number of aliphatic hydroxyl groups is 1. The van der Waals surface area contributed by atoms with Crippen molar-refractivity contribution in [2.45, 2.75) is 12.5 Å². The Hall–Kier alpha value is -0.490. The van der Waals surface area contributed by atoms with E-state index in [1.807, 2.05) is 0 Å². The van der Waals surface area contributed by atoms with E-state index < -0.39 is 6.10 Å². The Kier molecular flexibility index (Phi) is 5.03. The first kappa shape index (κ1) is 11.6. The number of carbonyl (C=O) groups is 1. The second-order valence-corrected chi connectivity index (χ2v) is 3.42. The highest BCUT2D eigenvalue weighted by Gasteiger charge is 2.16. The van der Waals surface area contributed by atoms with Crippen molar-refractivity contribution in [3.63, 3.8) is 0 Å². The number of aliphatic hydroxyl groups excluding tert-OH is 1. The van der Waals surface area contributed by atoms with Crippen molar-refractivity contribution in [1.29, 1.82) is 0 Å². The molecule has 0 aliphatic carbocycles. The summed E-state index contributed by atoms with van der Waals surface area (Å²) in [5.74, 6) is -0.168. The van der Waals surface area contributed by atoms with Gasteiger partial charge in [-0.1, -0.05) is 0 Å². The lowest BCUT2D eigenvalue weighted by atomic mass is 10.1. The molecule has 1 aliphatic heterocycles. The third kappa shape index (κ3) is 3.71. The average Bonchev–Trinajstić information content (AvgIpc) is 2.26. The minimum absolute atomic E-state index is 0.0158. The molecule has 0 amide bonds. The molecule has 0 aromatic rings. The van der Waals surface area contributed by atoms with Gasteiger partial charge in [0, 0.05) is 32.6 Å². The van der Waals surface area contributed by atoms with Gasteiger partial charge in [-0.25, -0.2) is 0 Å². The fourth-order valence-electron chi connectivity index (χ4n) is 1.39. The summed E-state index contributed by atoms with van der Waals surface area (Å²) >= 11 is 0. The van der Waals surface area contributed by atoms with E-state index in [1.54, 1.807) is 0 Å². The number of carbonyl (C=O) groups excluding carboxylic acids is 1. The fourth-order valence-corrected chi connectivity index (χ4v) is 1.39. The summed E-state index contributed by atoms with van der Waals surface area (Å²) in [4.78, 5) is 13.4. The van der Waals surface area contributed by atoms with Crippen molar-refractivity contribution in [3.05, 3.63) is 0 Å². The first-order valence-electron chi connectivity index (χ1n) is 4.95. The van der Waals surface area contributed by atoms with E-state index >= 15 is 0 Å². The molecule has 5 nitrogen and oxygen atoms in total. The van der Waals surface area contributed by atoms with Crippen LogP contribution in [0.1, 0.15) is 6.42 Å². The highest BCUT2D eigenvalue weighted by Crippen LogP contribution is 1.99. The van der Waals surface area contributed by atoms with E-state index in [4.69, 9.17) is 15.6 Å². The molecule has 0 aromatic carbocycles. The van der Waals surface area contributed by atoms with E-state index in [0.717, 1.165) is 26.3 Å². The Morgan fingerprint density at radius 1 is 1.50 bits per heavy atom. The summed E-state index contributed by atoms with van der Waals surface area (Å²) in [6, 6.07) is 0. The molecule has 3 N–H and O–H groups in total. The number of ether oxygens (including phenoxy) is 1. The Morgan fingerprint density at radius 2 is 2.14 bits per heavy atom. The number of hydrogen-bond donors (Lipinski definition) is 2. The van der Waals surface area contributed by atoms with Crippen LogP contribution in [0.2, 0.25) is 0 Å². The molecule has 82 valence electrons. The molecule has 0 spiro atoms. The molecule has 1 atom stereocenters. The number of nitrogens with two attached hydrogens (primary N) is 1. The monoisotopic (exact) mass is 202 g/mol. The third-order valence-electron chi connectivity index (χ3n) is 2.37. The first-order valence-corrected chi connectivity index (χ1v) is 4.95. The van der Waals surface area contributed by atoms with Gasteiger partial charge in [-0.05, 0) is 0 Å². The Labute approximate surface area is 83.8 Å². The molecule has 5 heteroatoms. The zero-order valence-electron chi connectivity index (χ0n) is 8.32. The molecule has 0 radical (unpaired) electrons. The van der Waals surface area contributed by atoms with E-state index in [-0.39, 0.29) is 12.3 Å². The maximum absolute atomic E-state index is 11.2. The maximum atomic E-state index is 11.2. The van der Waals surface area contributed by atoms with Crippen molar-refractivity contribution in [3.8, 4) is 0 Å². The van der Waals surface area contributed by atoms with Crippen LogP contribution in [0.15, 0.2) is 0 Å². The SMILES string of the molecule is NCC(O)C(=O)CCN1CCOCC1. The summed E-state index contributed by atoms with van der Waals surface area (Å²) < 4.78 is 5.18. The van der Waals surface area contributed by atoms with Crippen LogP contribution in [-0.2, 0) is 9.53 Å². The second-order valence-electron chi connectivity index (χ2n) is 3.42. The molecular formula is C9H18N2O3. The minimum Gasteiger partial charge on any atom is -0.384 e. The van der Waals surface area contributed by atoms with Gasteiger partial charge in [-0.3, -0.25) is 9.69 Å². The topological polar surface area (TPSA) is 75.8 Å². The predicted octanol–water partition coefficient (Wildman–Crippen LogP) is -1.40. The standard InChI is InChI=1S/C9H18N2O3/c10-7-9(13)8(12)1-2-11-3-5-14-6-4-11/h9,13H,1-7,10H2. The fraction of sp³-hybridized carbons (Fsp3) is 0.889. The molecule has 0 saturated carbocycles. The van der Waals surface area contributed by atoms with Crippen LogP contribution in [0.3, 0.4) is 0 Å². The second kappa shape index (κ2) is 6.08. The summed E-state index contributed by atoms with van der Waals surface area (Å²) in [7, 11) is 0. The predicted molar refractivity (Wildman–Crippen MR) is 51.9 cm³/mol. The Morgan fingerprint density at radius 3 is 2.71 bits per heavy atom. The van der Waals surface area contributed by atoms with Crippen molar-refractivity contribution >= 4 is 5.78 Å². The number of ketones is 1. The van der Waals surface area contributed by atoms with Gasteiger partial charge < -0.3 is 15.6 Å². The smallest absolute Gasteiger partial charge is 0.163 e. The van der Waals surface area contributed by atoms with Crippen LogP contribution in [0.4, 0.5) is 0 Å². The number of morpholine rings is 1. The molecule has 1 saturated heterocycles. The summed E-state index contributed by atoms with van der Waals surface area (Å²) in [5, 5.41) is 9.14. The van der Waals surface area contributed by atoms with Gasteiger partial charge in [0.2, 0.25) is 0 Å². The Bertz CT molecular complexity index is 181. The molecular weight excluding hydrogens is 184 g/mol. The molecule has 0 bridgehead atoms. The molecule has 1 rings (SSSR count). The zero-order valence-corrected chi connectivity index (χ0v) is 8.32. The molecule has 1 unspecified atom stereocenters. The molecule has 1 heterocycles. The normalized spacial score (nSPS) is 20.7. The van der Waals surface area contributed by atoms with Crippen LogP contribution < -0.4 is 5.73 Å².